The highest BCUT2D eigenvalue weighted by Gasteiger charge is 2.15. The smallest absolute Gasteiger partial charge is 0.131 e. The lowest BCUT2D eigenvalue weighted by Gasteiger charge is -2.12. The molecule has 0 amide bonds. The quantitative estimate of drug-likeness (QED) is 0.760. The molecule has 0 spiro atoms. The molecule has 0 saturated carbocycles. The molecule has 2 aromatic carbocycles. The van der Waals surface area contributed by atoms with Gasteiger partial charge < -0.3 is 4.74 Å². The van der Waals surface area contributed by atoms with Gasteiger partial charge in [-0.15, -0.1) is 0 Å². The minimum absolute atomic E-state index is 0.342. The summed E-state index contributed by atoms with van der Waals surface area (Å²) in [5.74, 6) is -0.276. The number of halogens is 3. The van der Waals surface area contributed by atoms with Gasteiger partial charge in [0.1, 0.15) is 17.4 Å². The monoisotopic (exact) mass is 312 g/mol. The molecule has 0 aliphatic rings. The number of methoxy groups -OCH3 is 1. The first-order valence-electron chi connectivity index (χ1n) is 5.35. The van der Waals surface area contributed by atoms with E-state index in [1.165, 1.54) is 25.3 Å². The molecule has 1 unspecified atom stereocenters. The normalized spacial score (nSPS) is 12.2. The van der Waals surface area contributed by atoms with E-state index in [1.54, 1.807) is 24.3 Å². The third-order valence-corrected chi connectivity index (χ3v) is 3.64. The highest BCUT2D eigenvalue weighted by molar-refractivity contribution is 9.09. The molecule has 0 aliphatic carbocycles. The van der Waals surface area contributed by atoms with Crippen LogP contribution in [0.5, 0.6) is 5.75 Å². The molecule has 4 heteroatoms. The number of benzene rings is 2. The Hall–Kier alpha value is -1.42. The van der Waals surface area contributed by atoms with Crippen LogP contribution in [0.15, 0.2) is 42.5 Å². The van der Waals surface area contributed by atoms with Crippen LogP contribution in [0.3, 0.4) is 0 Å². The van der Waals surface area contributed by atoms with Crippen LogP contribution in [-0.4, -0.2) is 7.11 Å². The van der Waals surface area contributed by atoms with Crippen LogP contribution in [0.25, 0.3) is 0 Å². The van der Waals surface area contributed by atoms with Gasteiger partial charge in [0.05, 0.1) is 11.9 Å². The summed E-state index contributed by atoms with van der Waals surface area (Å²) in [5.41, 5.74) is 1.11. The molecule has 1 atom stereocenters. The summed E-state index contributed by atoms with van der Waals surface area (Å²) >= 11 is 3.38. The van der Waals surface area contributed by atoms with Gasteiger partial charge in [-0.3, -0.25) is 0 Å². The van der Waals surface area contributed by atoms with E-state index in [1.807, 2.05) is 0 Å². The minimum Gasteiger partial charge on any atom is -0.497 e. The Kier molecular flexibility index (Phi) is 3.97. The first-order chi connectivity index (χ1) is 8.61. The number of ether oxygens (including phenoxy) is 1. The van der Waals surface area contributed by atoms with Crippen molar-refractivity contribution in [3.63, 3.8) is 0 Å². The predicted octanol–water partition coefficient (Wildman–Crippen LogP) is 4.46. The van der Waals surface area contributed by atoms with Crippen molar-refractivity contribution in [2.75, 3.05) is 7.11 Å². The lowest BCUT2D eigenvalue weighted by atomic mass is 10.0. The van der Waals surface area contributed by atoms with Crippen molar-refractivity contribution in [3.8, 4) is 5.75 Å². The summed E-state index contributed by atoms with van der Waals surface area (Å²) in [7, 11) is 1.48. The van der Waals surface area contributed by atoms with Crippen LogP contribution in [0, 0.1) is 11.6 Å². The lowest BCUT2D eigenvalue weighted by Crippen LogP contribution is -1.98. The molecule has 2 aromatic rings. The van der Waals surface area contributed by atoms with Gasteiger partial charge in [0.2, 0.25) is 0 Å². The van der Waals surface area contributed by atoms with Gasteiger partial charge in [0.15, 0.2) is 0 Å². The Morgan fingerprint density at radius 3 is 2.50 bits per heavy atom. The third-order valence-electron chi connectivity index (χ3n) is 2.62. The maximum Gasteiger partial charge on any atom is 0.131 e. The number of hydrogen-bond acceptors (Lipinski definition) is 1. The van der Waals surface area contributed by atoms with Gasteiger partial charge in [-0.25, -0.2) is 8.78 Å². The van der Waals surface area contributed by atoms with E-state index in [0.717, 1.165) is 0 Å². The average Bonchev–Trinajstić information content (AvgIpc) is 2.37. The zero-order chi connectivity index (χ0) is 13.1. The first kappa shape index (κ1) is 13.0. The summed E-state index contributed by atoms with van der Waals surface area (Å²) in [4.78, 5) is -0.390. The Bertz CT molecular complexity index is 557. The van der Waals surface area contributed by atoms with E-state index in [2.05, 4.69) is 15.9 Å². The molecule has 0 aliphatic heterocycles. The van der Waals surface area contributed by atoms with Crippen molar-refractivity contribution in [1.82, 2.24) is 0 Å². The fourth-order valence-corrected chi connectivity index (χ4v) is 2.34. The van der Waals surface area contributed by atoms with Crippen molar-refractivity contribution >= 4 is 15.9 Å². The standard InChI is InChI=1S/C14H11BrF2O/c1-18-11-5-6-12(13(17)8-11)14(15)9-3-2-4-10(16)7-9/h2-8,14H,1H3. The third kappa shape index (κ3) is 2.70. The summed E-state index contributed by atoms with van der Waals surface area (Å²) in [6.07, 6.45) is 0. The number of rotatable bonds is 3. The van der Waals surface area contributed by atoms with E-state index < -0.39 is 0 Å². The Labute approximate surface area is 113 Å². The second kappa shape index (κ2) is 5.48. The maximum absolute atomic E-state index is 13.9. The molecular weight excluding hydrogens is 302 g/mol. The average molecular weight is 313 g/mol. The van der Waals surface area contributed by atoms with Crippen molar-refractivity contribution in [2.45, 2.75) is 4.83 Å². The van der Waals surface area contributed by atoms with E-state index >= 15 is 0 Å². The number of hydrogen-bond donors (Lipinski definition) is 0. The molecule has 0 heterocycles. The Morgan fingerprint density at radius 1 is 1.11 bits per heavy atom. The molecule has 0 aromatic heterocycles. The van der Waals surface area contributed by atoms with Gasteiger partial charge in [-0.05, 0) is 23.8 Å². The molecule has 0 N–H and O–H groups in total. The molecular formula is C14H11BrF2O. The summed E-state index contributed by atoms with van der Waals surface area (Å²) < 4.78 is 31.9. The van der Waals surface area contributed by atoms with Crippen molar-refractivity contribution in [2.24, 2.45) is 0 Å². The second-order valence-corrected chi connectivity index (χ2v) is 4.72. The molecule has 94 valence electrons. The fourth-order valence-electron chi connectivity index (χ4n) is 1.68. The van der Waals surface area contributed by atoms with Gasteiger partial charge in [0.25, 0.3) is 0 Å². The maximum atomic E-state index is 13.9. The zero-order valence-electron chi connectivity index (χ0n) is 9.66. The second-order valence-electron chi connectivity index (χ2n) is 3.81. The van der Waals surface area contributed by atoms with Crippen molar-refractivity contribution in [1.29, 1.82) is 0 Å². The van der Waals surface area contributed by atoms with Crippen molar-refractivity contribution in [3.05, 3.63) is 65.2 Å². The number of alkyl halides is 1. The topological polar surface area (TPSA) is 9.23 Å². The minimum atomic E-state index is -0.390. The lowest BCUT2D eigenvalue weighted by molar-refractivity contribution is 0.411. The van der Waals surface area contributed by atoms with Crippen LogP contribution >= 0.6 is 15.9 Å². The van der Waals surface area contributed by atoms with Crippen LogP contribution in [0.1, 0.15) is 16.0 Å². The molecule has 0 bridgehead atoms. The highest BCUT2D eigenvalue weighted by atomic mass is 79.9. The van der Waals surface area contributed by atoms with Gasteiger partial charge in [0, 0.05) is 11.6 Å². The van der Waals surface area contributed by atoms with Gasteiger partial charge in [-0.2, -0.15) is 0 Å². The van der Waals surface area contributed by atoms with E-state index in [0.29, 0.717) is 16.9 Å². The molecule has 2 rings (SSSR count). The largest absolute Gasteiger partial charge is 0.497 e. The summed E-state index contributed by atoms with van der Waals surface area (Å²) in [5, 5.41) is 0. The molecule has 18 heavy (non-hydrogen) atoms. The predicted molar refractivity (Wildman–Crippen MR) is 70.1 cm³/mol. The SMILES string of the molecule is COc1ccc(C(Br)c2cccc(F)c2)c(F)c1. The van der Waals surface area contributed by atoms with Crippen LogP contribution in [0.4, 0.5) is 8.78 Å². The van der Waals surface area contributed by atoms with Gasteiger partial charge >= 0.3 is 0 Å². The Balaban J connectivity index is 2.37. The molecule has 0 radical (unpaired) electrons. The zero-order valence-corrected chi connectivity index (χ0v) is 11.2. The first-order valence-corrected chi connectivity index (χ1v) is 6.26. The summed E-state index contributed by atoms with van der Waals surface area (Å²) in [6, 6.07) is 10.7. The van der Waals surface area contributed by atoms with Crippen molar-refractivity contribution < 1.29 is 13.5 Å². The Morgan fingerprint density at radius 2 is 1.89 bits per heavy atom. The molecule has 1 nitrogen and oxygen atoms in total. The van der Waals surface area contributed by atoms with E-state index in [-0.39, 0.29) is 16.5 Å². The van der Waals surface area contributed by atoms with Crippen LogP contribution < -0.4 is 4.74 Å². The summed E-state index contributed by atoms with van der Waals surface area (Å²) in [6.45, 7) is 0. The highest BCUT2D eigenvalue weighted by Crippen LogP contribution is 2.33. The van der Waals surface area contributed by atoms with Gasteiger partial charge in [-0.1, -0.05) is 34.1 Å². The van der Waals surface area contributed by atoms with Crippen LogP contribution in [-0.2, 0) is 0 Å². The van der Waals surface area contributed by atoms with Crippen LogP contribution in [0.2, 0.25) is 0 Å². The van der Waals surface area contributed by atoms with E-state index in [9.17, 15) is 8.78 Å². The molecule has 0 saturated heterocycles. The molecule has 0 fully saturated rings. The fraction of sp³-hybridized carbons (Fsp3) is 0.143. The van der Waals surface area contributed by atoms with E-state index in [4.69, 9.17) is 4.74 Å².